The number of pyridine rings is 6. The Balaban J connectivity index is 0.000000179. The summed E-state index contributed by atoms with van der Waals surface area (Å²) >= 11 is 0. The summed E-state index contributed by atoms with van der Waals surface area (Å²) in [7, 11) is 0. The second-order valence-electron chi connectivity index (χ2n) is 21.3. The summed E-state index contributed by atoms with van der Waals surface area (Å²) in [5.74, 6) is 0. The van der Waals surface area contributed by atoms with Gasteiger partial charge >= 0.3 is 0 Å². The molecular formula is C86H66Ir4N6-4. The van der Waals surface area contributed by atoms with E-state index in [4.69, 9.17) is 6.85 Å². The van der Waals surface area contributed by atoms with E-state index < -0.39 is 6.04 Å². The fourth-order valence-corrected chi connectivity index (χ4v) is 10.3. The Labute approximate surface area is 626 Å². The van der Waals surface area contributed by atoms with E-state index in [1.54, 1.807) is 18.6 Å². The van der Waals surface area contributed by atoms with Crippen molar-refractivity contribution in [1.29, 1.82) is 0 Å². The Morgan fingerprint density at radius 2 is 0.792 bits per heavy atom. The minimum atomic E-state index is -0.397. The van der Waals surface area contributed by atoms with Crippen LogP contribution in [-0.4, -0.2) is 29.9 Å². The SMILES string of the molecule is Cc1cc(-c2ccccn2)[c-]cc1-c1ccccc1.Cc1cc(-c2ccccn2)ncc1-c1ccccc1.Cc1ccccc1-c1ccnc(-c2[c-]cccc2)c1.[2H]c1c([2H])c([2H])c(-c2cnc(-c3[c-]ccc4ccccc34)cc2C)c([2H])c1[2H].[Ir].[Ir].[Ir].[Ir].[c-]1ccccc1-c1ccccn1. The van der Waals surface area contributed by atoms with Gasteiger partial charge in [0.1, 0.15) is 0 Å². The average molecular weight is 1960 g/mol. The molecule has 96 heavy (non-hydrogen) atoms. The van der Waals surface area contributed by atoms with Crippen molar-refractivity contribution in [3.63, 3.8) is 0 Å². The van der Waals surface area contributed by atoms with Gasteiger partial charge in [-0.25, -0.2) is 0 Å². The van der Waals surface area contributed by atoms with E-state index in [0.717, 1.165) is 72.8 Å². The van der Waals surface area contributed by atoms with E-state index in [2.05, 4.69) is 166 Å². The predicted octanol–water partition coefficient (Wildman–Crippen LogP) is 21.4. The third kappa shape index (κ3) is 20.1. The standard InChI is InChI=1S/C22H16N.2C18H14N.C17H14N2.C11H8N.4Ir/c1-16-14-22(23-15-21(16)18-8-3-2-4-9-18)20-13-7-11-17-10-5-6-12-19(17)20;1-14-7-5-6-10-17(14)16-11-12-19-18(13-16)15-8-3-2-4-9-15;1-14-13-16(18-9-5-6-12-19-18)10-11-17(14)15-7-3-2-4-8-15;1-13-11-17(16-9-5-6-10-18-16)19-12-15(13)14-7-3-2-4-8-14;1-2-6-10(7-3-1)11-8-4-5-9-12-11;;;;/h2-12,14-15H,1H3;2-8,10-13H,1H3;2-9,11-13H,1H3;2-12H,1H3;1-6,8-9H;;;;/q3*-1;;-1;;;;/i2D,3D,4D,8D,9D;;;;;;;;. The zero-order chi connectivity index (χ0) is 67.5. The molecule has 0 aliphatic heterocycles. The second kappa shape index (κ2) is 38.3. The van der Waals surface area contributed by atoms with Gasteiger partial charge in [-0.15, -0.1) is 130 Å². The summed E-state index contributed by atoms with van der Waals surface area (Å²) in [6.45, 7) is 8.22. The van der Waals surface area contributed by atoms with Crippen molar-refractivity contribution in [3.05, 3.63) is 375 Å². The van der Waals surface area contributed by atoms with Crippen LogP contribution in [-0.2, 0) is 80.4 Å². The van der Waals surface area contributed by atoms with Crippen LogP contribution in [0.4, 0.5) is 0 Å². The largest absolute Gasteiger partial charge is 0.305 e. The van der Waals surface area contributed by atoms with Gasteiger partial charge in [-0.3, -0.25) is 9.97 Å². The van der Waals surface area contributed by atoms with Gasteiger partial charge in [-0.2, -0.15) is 0 Å². The van der Waals surface area contributed by atoms with Crippen LogP contribution in [0.2, 0.25) is 0 Å². The maximum Gasteiger partial charge on any atom is 0.0889 e. The molecule has 0 saturated carbocycles. The summed E-state index contributed by atoms with van der Waals surface area (Å²) in [6.07, 6.45) is 10.7. The smallest absolute Gasteiger partial charge is 0.0889 e. The van der Waals surface area contributed by atoms with Crippen molar-refractivity contribution in [2.24, 2.45) is 0 Å². The fraction of sp³-hybridized carbons (Fsp3) is 0.0465. The van der Waals surface area contributed by atoms with Gasteiger partial charge in [0.2, 0.25) is 0 Å². The minimum absolute atomic E-state index is 0. The van der Waals surface area contributed by atoms with Crippen LogP contribution in [0.15, 0.2) is 328 Å². The number of aryl methyl sites for hydroxylation is 4. The van der Waals surface area contributed by atoms with Gasteiger partial charge in [-0.1, -0.05) is 205 Å². The van der Waals surface area contributed by atoms with Gasteiger partial charge in [-0.05, 0) is 119 Å². The van der Waals surface area contributed by atoms with Crippen LogP contribution >= 0.6 is 0 Å². The molecule has 10 heteroatoms. The normalized spacial score (nSPS) is 10.7. The van der Waals surface area contributed by atoms with Crippen LogP contribution in [0.1, 0.15) is 29.1 Å². The molecular weight excluding hydrogens is 1890 g/mol. The maximum absolute atomic E-state index is 8.19. The molecule has 6 nitrogen and oxygen atoms in total. The molecule has 0 amide bonds. The molecule has 0 N–H and O–H groups in total. The molecule has 15 aromatic rings. The van der Waals surface area contributed by atoms with Crippen molar-refractivity contribution in [2.45, 2.75) is 27.7 Å². The first kappa shape index (κ1) is 66.7. The monoisotopic (exact) mass is 1960 g/mol. The number of fused-ring (bicyclic) bond motifs is 1. The first-order valence-electron chi connectivity index (χ1n) is 32.6. The summed E-state index contributed by atoms with van der Waals surface area (Å²) in [6, 6.07) is 98.0. The molecule has 0 unspecified atom stereocenters. The van der Waals surface area contributed by atoms with E-state index in [9.17, 15) is 0 Å². The van der Waals surface area contributed by atoms with Gasteiger partial charge < -0.3 is 19.9 Å². The topological polar surface area (TPSA) is 77.3 Å². The minimum Gasteiger partial charge on any atom is -0.305 e. The molecule has 0 aliphatic carbocycles. The van der Waals surface area contributed by atoms with Crippen molar-refractivity contribution in [3.8, 4) is 101 Å². The molecule has 0 bridgehead atoms. The third-order valence-electron chi connectivity index (χ3n) is 15.0. The van der Waals surface area contributed by atoms with Gasteiger partial charge in [0.25, 0.3) is 0 Å². The molecule has 0 saturated heterocycles. The number of nitrogens with zero attached hydrogens (tertiary/aromatic N) is 6. The van der Waals surface area contributed by atoms with Crippen molar-refractivity contribution >= 4 is 10.8 Å². The Bertz CT molecular complexity index is 4900. The average Bonchev–Trinajstić information content (AvgIpc) is 0.767. The van der Waals surface area contributed by atoms with Crippen LogP contribution in [0.3, 0.4) is 0 Å². The van der Waals surface area contributed by atoms with E-state index in [0.29, 0.717) is 5.56 Å². The number of benzene rings is 9. The van der Waals surface area contributed by atoms with Crippen molar-refractivity contribution in [1.82, 2.24) is 29.9 Å². The molecule has 15 rings (SSSR count). The number of hydrogen-bond acceptors (Lipinski definition) is 6. The first-order valence-corrected chi connectivity index (χ1v) is 30.1. The summed E-state index contributed by atoms with van der Waals surface area (Å²) in [5.41, 5.74) is 21.9. The fourth-order valence-electron chi connectivity index (χ4n) is 10.3. The first-order chi connectivity index (χ1) is 47.4. The molecule has 0 atom stereocenters. The zero-order valence-electron chi connectivity index (χ0n) is 57.8. The summed E-state index contributed by atoms with van der Waals surface area (Å²) in [4.78, 5) is 26.4. The van der Waals surface area contributed by atoms with Crippen LogP contribution in [0.25, 0.3) is 112 Å². The van der Waals surface area contributed by atoms with Crippen LogP contribution < -0.4 is 0 Å². The third-order valence-corrected chi connectivity index (χ3v) is 15.0. The molecule has 4 radical (unpaired) electrons. The Morgan fingerprint density at radius 1 is 0.292 bits per heavy atom. The van der Waals surface area contributed by atoms with E-state index >= 15 is 0 Å². The van der Waals surface area contributed by atoms with Crippen LogP contribution in [0, 0.1) is 52.0 Å². The quantitative estimate of drug-likeness (QED) is 0.134. The molecule has 9 aromatic carbocycles. The second-order valence-corrected chi connectivity index (χ2v) is 21.3. The number of aromatic nitrogens is 6. The predicted molar refractivity (Wildman–Crippen MR) is 380 cm³/mol. The number of hydrogen-bond donors (Lipinski definition) is 0. The zero-order valence-corrected chi connectivity index (χ0v) is 62.4. The van der Waals surface area contributed by atoms with Gasteiger partial charge in [0, 0.05) is 129 Å². The van der Waals surface area contributed by atoms with Gasteiger partial charge in [0.15, 0.2) is 0 Å². The van der Waals surface area contributed by atoms with E-state index in [1.807, 2.05) is 195 Å². The van der Waals surface area contributed by atoms with Crippen LogP contribution in [0.5, 0.6) is 0 Å². The Morgan fingerprint density at radius 3 is 1.38 bits per heavy atom. The molecule has 0 aliphatic rings. The van der Waals surface area contributed by atoms with E-state index in [1.165, 1.54) is 50.1 Å². The summed E-state index contributed by atoms with van der Waals surface area (Å²) in [5, 5.41) is 2.12. The molecule has 6 heterocycles. The Kier molecular flexibility index (Phi) is 26.6. The molecule has 6 aromatic heterocycles. The van der Waals surface area contributed by atoms with Gasteiger partial charge in [0.05, 0.1) is 18.2 Å². The maximum atomic E-state index is 8.19. The Hall–Kier alpha value is -9.26. The molecule has 0 spiro atoms. The number of rotatable bonds is 9. The summed E-state index contributed by atoms with van der Waals surface area (Å²) < 4.78 is 39.9. The molecule has 0 fully saturated rings. The van der Waals surface area contributed by atoms with E-state index in [-0.39, 0.29) is 110 Å². The molecule has 480 valence electrons. The van der Waals surface area contributed by atoms with Crippen molar-refractivity contribution in [2.75, 3.05) is 0 Å². The van der Waals surface area contributed by atoms with Crippen molar-refractivity contribution < 1.29 is 87.3 Å².